The van der Waals surface area contributed by atoms with Crippen molar-refractivity contribution in [3.63, 3.8) is 0 Å². The number of carbonyl (C=O) groups is 1. The average Bonchev–Trinajstić information content (AvgIpc) is 2.42. The normalized spacial score (nSPS) is 10.3. The van der Waals surface area contributed by atoms with Crippen molar-refractivity contribution in [2.45, 2.75) is 13.3 Å². The van der Waals surface area contributed by atoms with Gasteiger partial charge in [-0.1, -0.05) is 31.2 Å². The van der Waals surface area contributed by atoms with Gasteiger partial charge in [0.2, 0.25) is 0 Å². The Morgan fingerprint density at radius 2 is 1.74 bits per heavy atom. The Balaban J connectivity index is 2.27. The summed E-state index contributed by atoms with van der Waals surface area (Å²) in [6.45, 7) is 1.71. The number of carbonyl (C=O) groups excluding carboxylic acids is 1. The first-order valence-corrected chi connectivity index (χ1v) is 5.87. The third kappa shape index (κ3) is 2.78. The third-order valence-corrected chi connectivity index (χ3v) is 2.72. The molecule has 0 amide bonds. The van der Waals surface area contributed by atoms with Crippen LogP contribution in [0.15, 0.2) is 42.5 Å². The summed E-state index contributed by atoms with van der Waals surface area (Å²) < 4.78 is 32.3. The molecule has 0 aliphatic heterocycles. The van der Waals surface area contributed by atoms with E-state index in [1.165, 1.54) is 12.1 Å². The van der Waals surface area contributed by atoms with Gasteiger partial charge in [0, 0.05) is 0 Å². The summed E-state index contributed by atoms with van der Waals surface area (Å²) in [7, 11) is 0. The van der Waals surface area contributed by atoms with Crippen LogP contribution in [-0.2, 0) is 6.42 Å². The summed E-state index contributed by atoms with van der Waals surface area (Å²) in [5.74, 6) is -2.79. The predicted molar refractivity (Wildman–Crippen MR) is 67.1 cm³/mol. The van der Waals surface area contributed by atoms with Crippen LogP contribution < -0.4 is 4.74 Å². The van der Waals surface area contributed by atoms with Gasteiger partial charge in [0.1, 0.15) is 5.75 Å². The van der Waals surface area contributed by atoms with Crippen molar-refractivity contribution >= 4 is 5.97 Å². The van der Waals surface area contributed by atoms with Crippen LogP contribution in [0.25, 0.3) is 0 Å². The Morgan fingerprint density at radius 3 is 2.37 bits per heavy atom. The Hall–Kier alpha value is -2.23. The van der Waals surface area contributed by atoms with E-state index in [1.807, 2.05) is 0 Å². The molecule has 0 aromatic heterocycles. The van der Waals surface area contributed by atoms with Gasteiger partial charge in [0.25, 0.3) is 0 Å². The quantitative estimate of drug-likeness (QED) is 0.622. The van der Waals surface area contributed by atoms with E-state index in [0.717, 1.165) is 0 Å². The second-order valence-electron chi connectivity index (χ2n) is 3.96. The number of para-hydroxylation sites is 1. The number of aryl methyl sites for hydroxylation is 1. The maximum atomic E-state index is 13.7. The maximum Gasteiger partial charge on any atom is 0.346 e. The van der Waals surface area contributed by atoms with Crippen molar-refractivity contribution < 1.29 is 18.3 Å². The first-order chi connectivity index (χ1) is 9.13. The molecule has 0 fully saturated rings. The van der Waals surface area contributed by atoms with Crippen LogP contribution >= 0.6 is 0 Å². The lowest BCUT2D eigenvalue weighted by Crippen LogP contribution is -2.12. The summed E-state index contributed by atoms with van der Waals surface area (Å²) >= 11 is 0. The van der Waals surface area contributed by atoms with Crippen LogP contribution in [0.4, 0.5) is 8.78 Å². The number of halogens is 2. The number of rotatable bonds is 3. The number of hydrogen-bond acceptors (Lipinski definition) is 2. The minimum absolute atomic E-state index is 0.230. The second-order valence-corrected chi connectivity index (χ2v) is 3.96. The number of benzene rings is 2. The molecule has 0 radical (unpaired) electrons. The molecule has 2 rings (SSSR count). The van der Waals surface area contributed by atoms with Crippen LogP contribution in [0.1, 0.15) is 22.8 Å². The fourth-order valence-corrected chi connectivity index (χ4v) is 1.67. The molecule has 0 unspecified atom stereocenters. The van der Waals surface area contributed by atoms with Crippen LogP contribution in [0.5, 0.6) is 5.75 Å². The molecule has 0 spiro atoms. The van der Waals surface area contributed by atoms with Crippen molar-refractivity contribution in [2.24, 2.45) is 0 Å². The van der Waals surface area contributed by atoms with Gasteiger partial charge in [0.05, 0.1) is 5.56 Å². The monoisotopic (exact) mass is 262 g/mol. The lowest BCUT2D eigenvalue weighted by Gasteiger charge is -2.07. The SMILES string of the molecule is CCc1ccc(C(=O)Oc2ccccc2)c(F)c1F. The van der Waals surface area contributed by atoms with Crippen LogP contribution in [0.2, 0.25) is 0 Å². The molecule has 2 aromatic rings. The summed E-state index contributed by atoms with van der Waals surface area (Å²) in [4.78, 5) is 11.8. The Morgan fingerprint density at radius 1 is 1.05 bits per heavy atom. The highest BCUT2D eigenvalue weighted by molar-refractivity contribution is 5.91. The zero-order valence-corrected chi connectivity index (χ0v) is 10.3. The van der Waals surface area contributed by atoms with Crippen LogP contribution in [0.3, 0.4) is 0 Å². The van der Waals surface area contributed by atoms with E-state index in [-0.39, 0.29) is 11.3 Å². The molecular weight excluding hydrogens is 250 g/mol. The summed E-state index contributed by atoms with van der Waals surface area (Å²) in [6.07, 6.45) is 0.358. The number of esters is 1. The molecule has 4 heteroatoms. The number of ether oxygens (including phenoxy) is 1. The number of hydrogen-bond donors (Lipinski definition) is 0. The Kier molecular flexibility index (Phi) is 3.90. The summed E-state index contributed by atoms with van der Waals surface area (Å²) in [5, 5.41) is 0. The Bertz CT molecular complexity index is 595. The van der Waals surface area contributed by atoms with Crippen molar-refractivity contribution in [3.05, 3.63) is 65.2 Å². The van der Waals surface area contributed by atoms with Gasteiger partial charge >= 0.3 is 5.97 Å². The van der Waals surface area contributed by atoms with Gasteiger partial charge in [0.15, 0.2) is 11.6 Å². The van der Waals surface area contributed by atoms with E-state index in [0.29, 0.717) is 6.42 Å². The fourth-order valence-electron chi connectivity index (χ4n) is 1.67. The van der Waals surface area contributed by atoms with Gasteiger partial charge in [-0.05, 0) is 30.2 Å². The molecule has 0 aliphatic rings. The zero-order chi connectivity index (χ0) is 13.8. The Labute approximate surface area is 109 Å². The van der Waals surface area contributed by atoms with Crippen molar-refractivity contribution in [1.82, 2.24) is 0 Å². The minimum Gasteiger partial charge on any atom is -0.423 e. The highest BCUT2D eigenvalue weighted by Crippen LogP contribution is 2.19. The molecule has 0 saturated carbocycles. The topological polar surface area (TPSA) is 26.3 Å². The first-order valence-electron chi connectivity index (χ1n) is 5.87. The van der Waals surface area contributed by atoms with Crippen LogP contribution in [-0.4, -0.2) is 5.97 Å². The van der Waals surface area contributed by atoms with Gasteiger partial charge in [-0.15, -0.1) is 0 Å². The molecule has 98 valence electrons. The summed E-state index contributed by atoms with van der Waals surface area (Å²) in [5.41, 5.74) is -0.174. The van der Waals surface area contributed by atoms with Gasteiger partial charge < -0.3 is 4.74 Å². The molecule has 0 saturated heterocycles. The van der Waals surface area contributed by atoms with E-state index >= 15 is 0 Å². The second kappa shape index (κ2) is 5.61. The lowest BCUT2D eigenvalue weighted by atomic mass is 10.1. The highest BCUT2D eigenvalue weighted by Gasteiger charge is 2.19. The van der Waals surface area contributed by atoms with Gasteiger partial charge in [-0.3, -0.25) is 0 Å². The average molecular weight is 262 g/mol. The van der Waals surface area contributed by atoms with E-state index in [1.54, 1.807) is 37.3 Å². The molecule has 0 aliphatic carbocycles. The molecular formula is C15H12F2O2. The fraction of sp³-hybridized carbons (Fsp3) is 0.133. The zero-order valence-electron chi connectivity index (χ0n) is 10.3. The predicted octanol–water partition coefficient (Wildman–Crippen LogP) is 3.75. The highest BCUT2D eigenvalue weighted by atomic mass is 19.2. The third-order valence-electron chi connectivity index (χ3n) is 2.72. The van der Waals surface area contributed by atoms with Gasteiger partial charge in [-0.25, -0.2) is 13.6 Å². The van der Waals surface area contributed by atoms with E-state index in [2.05, 4.69) is 0 Å². The standard InChI is InChI=1S/C15H12F2O2/c1-2-10-8-9-12(14(17)13(10)16)15(18)19-11-6-4-3-5-7-11/h3-9H,2H2,1H3. The molecule has 19 heavy (non-hydrogen) atoms. The molecule has 0 atom stereocenters. The maximum absolute atomic E-state index is 13.7. The van der Waals surface area contributed by atoms with Crippen molar-refractivity contribution in [3.8, 4) is 5.75 Å². The molecule has 0 bridgehead atoms. The largest absolute Gasteiger partial charge is 0.423 e. The lowest BCUT2D eigenvalue weighted by molar-refractivity contribution is 0.0728. The van der Waals surface area contributed by atoms with E-state index in [4.69, 9.17) is 4.74 Å². The van der Waals surface area contributed by atoms with Gasteiger partial charge in [-0.2, -0.15) is 0 Å². The van der Waals surface area contributed by atoms with E-state index in [9.17, 15) is 13.6 Å². The van der Waals surface area contributed by atoms with Crippen molar-refractivity contribution in [1.29, 1.82) is 0 Å². The van der Waals surface area contributed by atoms with Crippen molar-refractivity contribution in [2.75, 3.05) is 0 Å². The molecule has 2 aromatic carbocycles. The molecule has 0 N–H and O–H groups in total. The minimum atomic E-state index is -1.17. The van der Waals surface area contributed by atoms with Crippen LogP contribution in [0, 0.1) is 11.6 Å². The summed E-state index contributed by atoms with van der Waals surface area (Å²) in [6, 6.07) is 10.9. The molecule has 2 nitrogen and oxygen atoms in total. The smallest absolute Gasteiger partial charge is 0.346 e. The first kappa shape index (κ1) is 13.2. The molecule has 0 heterocycles. The van der Waals surface area contributed by atoms with E-state index < -0.39 is 23.2 Å².